The van der Waals surface area contributed by atoms with Crippen molar-refractivity contribution in [1.82, 2.24) is 9.97 Å². The first-order chi connectivity index (χ1) is 13.5. The first-order valence-corrected chi connectivity index (χ1v) is 10.0. The van der Waals surface area contributed by atoms with Crippen LogP contribution in [-0.2, 0) is 4.79 Å². The van der Waals surface area contributed by atoms with Crippen LogP contribution in [0.5, 0.6) is 5.75 Å². The number of carbonyl (C=O) groups is 1. The van der Waals surface area contributed by atoms with Crippen molar-refractivity contribution in [3.05, 3.63) is 77.0 Å². The molecule has 0 saturated carbocycles. The van der Waals surface area contributed by atoms with E-state index in [4.69, 9.17) is 16.3 Å². The smallest absolute Gasteiger partial charge is 0.336 e. The molecule has 5 nitrogen and oxygen atoms in total. The van der Waals surface area contributed by atoms with E-state index in [0.717, 1.165) is 16.9 Å². The van der Waals surface area contributed by atoms with Crippen LogP contribution < -0.4 is 10.1 Å². The SMILES string of the molecule is CSc1nc(C)cc(Nc2ccc(OC(=O)/C=C/c3ccccc3Cl)cc2)n1. The van der Waals surface area contributed by atoms with Crippen LogP contribution in [0.25, 0.3) is 6.08 Å². The quantitative estimate of drug-likeness (QED) is 0.189. The average Bonchev–Trinajstić information content (AvgIpc) is 2.68. The van der Waals surface area contributed by atoms with Gasteiger partial charge in [0, 0.05) is 28.5 Å². The molecule has 0 aliphatic rings. The molecule has 0 spiro atoms. The Bertz CT molecular complexity index is 1010. The topological polar surface area (TPSA) is 64.1 Å². The molecule has 0 radical (unpaired) electrons. The van der Waals surface area contributed by atoms with E-state index >= 15 is 0 Å². The molecule has 7 heteroatoms. The van der Waals surface area contributed by atoms with Gasteiger partial charge in [-0.2, -0.15) is 0 Å². The van der Waals surface area contributed by atoms with Crippen LogP contribution in [0.4, 0.5) is 11.5 Å². The molecule has 0 unspecified atom stereocenters. The van der Waals surface area contributed by atoms with Crippen LogP contribution in [0.2, 0.25) is 5.02 Å². The van der Waals surface area contributed by atoms with Gasteiger partial charge in [0.1, 0.15) is 11.6 Å². The molecule has 0 aliphatic carbocycles. The first kappa shape index (κ1) is 19.9. The molecule has 28 heavy (non-hydrogen) atoms. The van der Waals surface area contributed by atoms with E-state index in [1.54, 1.807) is 24.3 Å². The number of thioether (sulfide) groups is 1. The minimum absolute atomic E-state index is 0.447. The van der Waals surface area contributed by atoms with Gasteiger partial charge in [-0.1, -0.05) is 41.6 Å². The summed E-state index contributed by atoms with van der Waals surface area (Å²) in [6, 6.07) is 16.2. The maximum Gasteiger partial charge on any atom is 0.336 e. The number of benzene rings is 2. The third-order valence-corrected chi connectivity index (χ3v) is 4.56. The van der Waals surface area contributed by atoms with E-state index in [9.17, 15) is 4.79 Å². The second-order valence-corrected chi connectivity index (χ2v) is 6.99. The average molecular weight is 412 g/mol. The second-order valence-electron chi connectivity index (χ2n) is 5.81. The Labute approximate surface area is 172 Å². The molecule has 0 bridgehead atoms. The fourth-order valence-corrected chi connectivity index (χ4v) is 2.99. The summed E-state index contributed by atoms with van der Waals surface area (Å²) in [5.74, 6) is 0.684. The third-order valence-electron chi connectivity index (χ3n) is 3.67. The summed E-state index contributed by atoms with van der Waals surface area (Å²) in [5, 5.41) is 4.50. The number of ether oxygens (including phenoxy) is 1. The van der Waals surface area contributed by atoms with Gasteiger partial charge in [-0.05, 0) is 55.2 Å². The van der Waals surface area contributed by atoms with Gasteiger partial charge in [-0.15, -0.1) is 0 Å². The van der Waals surface area contributed by atoms with Crippen LogP contribution in [0.1, 0.15) is 11.3 Å². The maximum atomic E-state index is 12.0. The summed E-state index contributed by atoms with van der Waals surface area (Å²) in [4.78, 5) is 20.7. The Morgan fingerprint density at radius 3 is 2.61 bits per heavy atom. The number of aryl methyl sites for hydroxylation is 1. The lowest BCUT2D eigenvalue weighted by atomic mass is 10.2. The number of rotatable bonds is 6. The van der Waals surface area contributed by atoms with Crippen molar-refractivity contribution in [2.45, 2.75) is 12.1 Å². The largest absolute Gasteiger partial charge is 0.423 e. The van der Waals surface area contributed by atoms with Crippen LogP contribution in [0, 0.1) is 6.92 Å². The molecule has 3 aromatic rings. The normalized spacial score (nSPS) is 10.8. The minimum Gasteiger partial charge on any atom is -0.423 e. The highest BCUT2D eigenvalue weighted by molar-refractivity contribution is 7.98. The highest BCUT2D eigenvalue weighted by Crippen LogP contribution is 2.21. The highest BCUT2D eigenvalue weighted by Gasteiger charge is 2.04. The Morgan fingerprint density at radius 2 is 1.89 bits per heavy atom. The van der Waals surface area contributed by atoms with Gasteiger partial charge in [0.15, 0.2) is 5.16 Å². The Morgan fingerprint density at radius 1 is 1.14 bits per heavy atom. The zero-order valence-corrected chi connectivity index (χ0v) is 16.9. The van der Waals surface area contributed by atoms with Gasteiger partial charge in [-0.3, -0.25) is 0 Å². The number of hydrogen-bond donors (Lipinski definition) is 1. The third kappa shape index (κ3) is 5.58. The number of aromatic nitrogens is 2. The molecular weight excluding hydrogens is 394 g/mol. The van der Waals surface area contributed by atoms with E-state index in [0.29, 0.717) is 21.7 Å². The minimum atomic E-state index is -0.475. The first-order valence-electron chi connectivity index (χ1n) is 8.44. The summed E-state index contributed by atoms with van der Waals surface area (Å²) in [7, 11) is 0. The molecular formula is C21H18ClN3O2S. The fraction of sp³-hybridized carbons (Fsp3) is 0.0952. The number of esters is 1. The van der Waals surface area contributed by atoms with Crippen molar-refractivity contribution in [3.8, 4) is 5.75 Å². The van der Waals surface area contributed by atoms with E-state index in [1.165, 1.54) is 17.8 Å². The molecule has 1 N–H and O–H groups in total. The summed E-state index contributed by atoms with van der Waals surface area (Å²) in [6.45, 7) is 1.92. The van der Waals surface area contributed by atoms with Crippen LogP contribution >= 0.6 is 23.4 Å². The van der Waals surface area contributed by atoms with Gasteiger partial charge in [0.25, 0.3) is 0 Å². The summed E-state index contributed by atoms with van der Waals surface area (Å²) in [5.41, 5.74) is 2.47. The maximum absolute atomic E-state index is 12.0. The Kier molecular flexibility index (Phi) is 6.68. The Hall–Kier alpha value is -2.83. The van der Waals surface area contributed by atoms with Crippen LogP contribution in [-0.4, -0.2) is 22.2 Å². The van der Waals surface area contributed by atoms with Gasteiger partial charge < -0.3 is 10.1 Å². The lowest BCUT2D eigenvalue weighted by molar-refractivity contribution is -0.128. The number of halogens is 1. The molecule has 0 aliphatic heterocycles. The van der Waals surface area contributed by atoms with E-state index in [-0.39, 0.29) is 0 Å². The van der Waals surface area contributed by atoms with Gasteiger partial charge in [0.05, 0.1) is 0 Å². The summed E-state index contributed by atoms with van der Waals surface area (Å²) in [6.07, 6.45) is 4.91. The van der Waals surface area contributed by atoms with Gasteiger partial charge in [0.2, 0.25) is 0 Å². The highest BCUT2D eigenvalue weighted by atomic mass is 35.5. The lowest BCUT2D eigenvalue weighted by Gasteiger charge is -2.08. The van der Waals surface area contributed by atoms with Crippen molar-refractivity contribution in [2.75, 3.05) is 11.6 Å². The number of nitrogens with one attached hydrogen (secondary N) is 1. The fourth-order valence-electron chi connectivity index (χ4n) is 2.37. The molecule has 142 valence electrons. The molecule has 2 aromatic carbocycles. The summed E-state index contributed by atoms with van der Waals surface area (Å²) >= 11 is 7.55. The number of anilines is 2. The number of nitrogens with zero attached hydrogens (tertiary/aromatic N) is 2. The predicted molar refractivity (Wildman–Crippen MR) is 114 cm³/mol. The van der Waals surface area contributed by atoms with Crippen molar-refractivity contribution in [2.24, 2.45) is 0 Å². The summed E-state index contributed by atoms with van der Waals surface area (Å²) < 4.78 is 5.31. The molecule has 3 rings (SSSR count). The molecule has 0 atom stereocenters. The zero-order valence-electron chi connectivity index (χ0n) is 15.3. The second kappa shape index (κ2) is 9.39. The van der Waals surface area contributed by atoms with Gasteiger partial charge in [-0.25, -0.2) is 14.8 Å². The predicted octanol–water partition coefficient (Wildman–Crippen LogP) is 5.52. The van der Waals surface area contributed by atoms with E-state index < -0.39 is 5.97 Å². The van der Waals surface area contributed by atoms with Crippen LogP contribution in [0.15, 0.2) is 65.8 Å². The van der Waals surface area contributed by atoms with E-state index in [2.05, 4.69) is 15.3 Å². The van der Waals surface area contributed by atoms with Crippen LogP contribution in [0.3, 0.4) is 0 Å². The molecule has 0 fully saturated rings. The molecule has 1 heterocycles. The Balaban J connectivity index is 1.62. The monoisotopic (exact) mass is 411 g/mol. The molecule has 0 saturated heterocycles. The van der Waals surface area contributed by atoms with Crippen molar-refractivity contribution in [1.29, 1.82) is 0 Å². The zero-order chi connectivity index (χ0) is 19.9. The van der Waals surface area contributed by atoms with Crippen molar-refractivity contribution in [3.63, 3.8) is 0 Å². The number of hydrogen-bond acceptors (Lipinski definition) is 6. The van der Waals surface area contributed by atoms with Crippen molar-refractivity contribution >= 4 is 46.9 Å². The van der Waals surface area contributed by atoms with Crippen molar-refractivity contribution < 1.29 is 9.53 Å². The number of carbonyl (C=O) groups excluding carboxylic acids is 1. The lowest BCUT2D eigenvalue weighted by Crippen LogP contribution is -2.03. The molecule has 1 aromatic heterocycles. The van der Waals surface area contributed by atoms with E-state index in [1.807, 2.05) is 49.6 Å². The standard InChI is InChI=1S/C21H18ClN3O2S/c1-14-13-19(25-21(23-14)28-2)24-16-8-10-17(11-9-16)27-20(26)12-7-15-5-3-4-6-18(15)22/h3-13H,1-2H3,(H,23,24,25)/b12-7+. The van der Waals surface area contributed by atoms with Gasteiger partial charge >= 0.3 is 5.97 Å². The molecule has 0 amide bonds.